The Morgan fingerprint density at radius 1 is 0.755 bits per heavy atom. The number of rotatable bonds is 14. The van der Waals surface area contributed by atoms with Gasteiger partial charge in [0.2, 0.25) is 11.8 Å². The summed E-state index contributed by atoms with van der Waals surface area (Å²) in [5.41, 5.74) is -0.0264. The average molecular weight is 739 g/mol. The maximum atomic E-state index is 14.4. The number of aliphatic carboxylic acids is 1. The van der Waals surface area contributed by atoms with Crippen LogP contribution in [0.5, 0.6) is 0 Å². The summed E-state index contributed by atoms with van der Waals surface area (Å²) in [7, 11) is 0. The fraction of sp³-hybridized carbons (Fsp3) is 0.867. The molecule has 0 bridgehead atoms. The van der Waals surface area contributed by atoms with Crippen molar-refractivity contribution in [3.05, 3.63) is 12.2 Å². The number of carboxylic acid groups (broad SMARTS) is 1. The largest absolute Gasteiger partial charge is 0.481 e. The second-order valence-corrected chi connectivity index (χ2v) is 20.6. The quantitative estimate of drug-likeness (QED) is 0.0928. The van der Waals surface area contributed by atoms with Gasteiger partial charge in [-0.25, -0.2) is 0 Å². The van der Waals surface area contributed by atoms with Crippen molar-refractivity contribution in [2.75, 3.05) is 13.1 Å². The van der Waals surface area contributed by atoms with E-state index in [1.54, 1.807) is 20.8 Å². The van der Waals surface area contributed by atoms with Crippen molar-refractivity contribution >= 4 is 23.8 Å². The average Bonchev–Trinajstić information content (AvgIpc) is 3.46. The molecule has 5 aliphatic rings. The van der Waals surface area contributed by atoms with E-state index >= 15 is 0 Å². The van der Waals surface area contributed by atoms with Crippen LogP contribution in [0.4, 0.5) is 0 Å². The summed E-state index contributed by atoms with van der Waals surface area (Å²) in [6.07, 6.45) is 15.5. The van der Waals surface area contributed by atoms with Crippen molar-refractivity contribution in [3.8, 4) is 0 Å². The number of hydrogen-bond donors (Lipinski definition) is 3. The minimum Gasteiger partial charge on any atom is -0.481 e. The number of fused-ring (bicyclic) bond motifs is 7. The van der Waals surface area contributed by atoms with Crippen LogP contribution in [-0.4, -0.2) is 48.1 Å². The third-order valence-electron chi connectivity index (χ3n) is 16.9. The molecule has 0 spiro atoms. The molecule has 5 rings (SSSR count). The number of esters is 1. The van der Waals surface area contributed by atoms with E-state index in [-0.39, 0.29) is 45.5 Å². The minimum absolute atomic E-state index is 0.0308. The number of carbonyl (C=O) groups excluding carboxylic acids is 3. The first kappa shape index (κ1) is 41.8. The Morgan fingerprint density at radius 3 is 2.02 bits per heavy atom. The zero-order valence-electron chi connectivity index (χ0n) is 34.9. The van der Waals surface area contributed by atoms with Crippen LogP contribution in [0.15, 0.2) is 12.2 Å². The molecule has 300 valence electrons. The van der Waals surface area contributed by atoms with Gasteiger partial charge >= 0.3 is 11.9 Å². The number of hydrogen-bond acceptors (Lipinski definition) is 5. The normalized spacial score (nSPS) is 38.7. The lowest BCUT2D eigenvalue weighted by Gasteiger charge is -2.72. The number of amides is 2. The first-order valence-electron chi connectivity index (χ1n) is 21.3. The number of allylic oxidation sites excluding steroid dienone is 1. The molecule has 2 unspecified atom stereocenters. The lowest BCUT2D eigenvalue weighted by atomic mass is 9.32. The number of ether oxygens (including phenoxy) is 1. The van der Waals surface area contributed by atoms with E-state index in [9.17, 15) is 24.3 Å². The van der Waals surface area contributed by atoms with Crippen molar-refractivity contribution in [1.29, 1.82) is 0 Å². The van der Waals surface area contributed by atoms with Gasteiger partial charge in [0, 0.05) is 25.4 Å². The van der Waals surface area contributed by atoms with Crippen molar-refractivity contribution in [2.24, 2.45) is 62.1 Å². The summed E-state index contributed by atoms with van der Waals surface area (Å²) in [6, 6.07) is 0. The summed E-state index contributed by atoms with van der Waals surface area (Å²) in [4.78, 5) is 50.4. The van der Waals surface area contributed by atoms with E-state index in [4.69, 9.17) is 4.74 Å². The molecule has 0 aliphatic heterocycles. The Bertz CT molecular complexity index is 1420. The maximum absolute atomic E-state index is 14.4. The second-order valence-electron chi connectivity index (χ2n) is 20.6. The van der Waals surface area contributed by atoms with Gasteiger partial charge in [0.05, 0.1) is 17.3 Å². The standard InChI is InChI=1S/C45H74N2O6/c1-29(2)31-18-23-45(38(50)47-27-15-13-11-12-14-26-46-30(3)48)25-24-43(9)32(37(31)45)16-17-34-42(8)21-20-35(53-36(49)28-40(4,5)39(51)52)41(6,7)33(42)19-22-44(34,43)10/h31-35,37H,1,11-28H2,2-10H3,(H,46,48)(H,47,50)(H,51,52)/t31?,32-,33+,34?,35+,37-,42+,43-,44-,45+/m1/s1. The highest BCUT2D eigenvalue weighted by atomic mass is 16.5. The van der Waals surface area contributed by atoms with E-state index in [0.717, 1.165) is 103 Å². The molecule has 0 aromatic heterocycles. The summed E-state index contributed by atoms with van der Waals surface area (Å²) < 4.78 is 6.18. The molecule has 0 aromatic carbocycles. The highest BCUT2D eigenvalue weighted by Crippen LogP contribution is 2.77. The molecule has 5 aliphatic carbocycles. The molecule has 8 nitrogen and oxygen atoms in total. The van der Waals surface area contributed by atoms with Gasteiger partial charge in [-0.05, 0) is 144 Å². The second kappa shape index (κ2) is 15.3. The highest BCUT2D eigenvalue weighted by Gasteiger charge is 2.72. The maximum Gasteiger partial charge on any atom is 0.309 e. The zero-order chi connectivity index (χ0) is 39.2. The zero-order valence-corrected chi connectivity index (χ0v) is 34.9. The van der Waals surface area contributed by atoms with E-state index < -0.39 is 17.4 Å². The molecular formula is C45H74N2O6. The van der Waals surface area contributed by atoms with Gasteiger partial charge in [-0.15, -0.1) is 0 Å². The highest BCUT2D eigenvalue weighted by molar-refractivity contribution is 5.84. The summed E-state index contributed by atoms with van der Waals surface area (Å²) in [5, 5.41) is 15.9. The lowest BCUT2D eigenvalue weighted by molar-refractivity contribution is -0.249. The molecule has 0 heterocycles. The number of carbonyl (C=O) groups is 4. The lowest BCUT2D eigenvalue weighted by Crippen LogP contribution is -2.67. The fourth-order valence-corrected chi connectivity index (χ4v) is 13.8. The van der Waals surface area contributed by atoms with E-state index in [2.05, 4.69) is 58.8 Å². The van der Waals surface area contributed by atoms with Gasteiger partial charge in [-0.3, -0.25) is 19.2 Å². The summed E-state index contributed by atoms with van der Waals surface area (Å²) in [6.45, 7) is 25.3. The smallest absolute Gasteiger partial charge is 0.309 e. The Hall–Kier alpha value is -2.38. The predicted molar refractivity (Wildman–Crippen MR) is 210 cm³/mol. The number of unbranched alkanes of at least 4 members (excludes halogenated alkanes) is 4. The molecule has 0 radical (unpaired) electrons. The van der Waals surface area contributed by atoms with Gasteiger partial charge in [-0.1, -0.05) is 66.0 Å². The Kier molecular flexibility index (Phi) is 12.0. The third kappa shape index (κ3) is 7.36. The molecule has 53 heavy (non-hydrogen) atoms. The first-order chi connectivity index (χ1) is 24.7. The van der Waals surface area contributed by atoms with Crippen LogP contribution in [0.3, 0.4) is 0 Å². The van der Waals surface area contributed by atoms with Crippen LogP contribution in [0.2, 0.25) is 0 Å². The molecule has 0 saturated heterocycles. The van der Waals surface area contributed by atoms with Crippen LogP contribution >= 0.6 is 0 Å². The Balaban J connectivity index is 1.29. The Morgan fingerprint density at radius 2 is 1.40 bits per heavy atom. The first-order valence-corrected chi connectivity index (χ1v) is 21.3. The van der Waals surface area contributed by atoms with Crippen LogP contribution in [0.25, 0.3) is 0 Å². The van der Waals surface area contributed by atoms with Gasteiger partial charge in [0.25, 0.3) is 0 Å². The van der Waals surface area contributed by atoms with Crippen LogP contribution in [-0.2, 0) is 23.9 Å². The van der Waals surface area contributed by atoms with Crippen molar-refractivity contribution < 1.29 is 29.0 Å². The Labute approximate surface area is 321 Å². The minimum atomic E-state index is -1.15. The van der Waals surface area contributed by atoms with Gasteiger partial charge < -0.3 is 20.5 Å². The predicted octanol–water partition coefficient (Wildman–Crippen LogP) is 9.26. The molecule has 2 amide bonds. The molecule has 8 heteroatoms. The van der Waals surface area contributed by atoms with Crippen molar-refractivity contribution in [3.63, 3.8) is 0 Å². The van der Waals surface area contributed by atoms with Gasteiger partial charge in [0.1, 0.15) is 6.10 Å². The molecule has 0 aromatic rings. The van der Waals surface area contributed by atoms with Gasteiger partial charge in [-0.2, -0.15) is 0 Å². The summed E-state index contributed by atoms with van der Waals surface area (Å²) >= 11 is 0. The monoisotopic (exact) mass is 739 g/mol. The van der Waals surface area contributed by atoms with E-state index in [1.807, 2.05) is 0 Å². The van der Waals surface area contributed by atoms with Crippen LogP contribution in [0.1, 0.15) is 165 Å². The third-order valence-corrected chi connectivity index (χ3v) is 16.9. The van der Waals surface area contributed by atoms with E-state index in [0.29, 0.717) is 35.5 Å². The molecule has 5 fully saturated rings. The molecule has 3 N–H and O–H groups in total. The molecule has 5 saturated carbocycles. The SMILES string of the molecule is C=C(C)C1CC[C@]2(C(=O)NCCCCCCCNC(C)=O)CC[C@]3(C)[C@H](CCC4[C@@]5(C)CC[C@H](OC(=O)CC(C)(C)C(=O)O)C(C)(C)[C@@H]5CC[C@]43C)[C@@H]12. The van der Waals surface area contributed by atoms with Gasteiger partial charge in [0.15, 0.2) is 0 Å². The van der Waals surface area contributed by atoms with Crippen molar-refractivity contribution in [1.82, 2.24) is 10.6 Å². The number of carboxylic acids is 1. The molecular weight excluding hydrogens is 665 g/mol. The number of nitrogens with one attached hydrogen (secondary N) is 2. The summed E-state index contributed by atoms with van der Waals surface area (Å²) in [5.74, 6) is 1.11. The van der Waals surface area contributed by atoms with E-state index in [1.165, 1.54) is 12.0 Å². The van der Waals surface area contributed by atoms with Crippen LogP contribution in [0, 0.1) is 62.1 Å². The van der Waals surface area contributed by atoms with Crippen LogP contribution < -0.4 is 10.6 Å². The molecule has 10 atom stereocenters. The topological polar surface area (TPSA) is 122 Å². The fourth-order valence-electron chi connectivity index (χ4n) is 13.8. The van der Waals surface area contributed by atoms with Crippen molar-refractivity contribution in [2.45, 2.75) is 171 Å².